The van der Waals surface area contributed by atoms with Crippen molar-refractivity contribution in [3.05, 3.63) is 122 Å². The molecule has 6 nitrogen and oxygen atoms in total. The maximum Gasteiger partial charge on any atom is 0.310 e. The zero-order valence-corrected chi connectivity index (χ0v) is 47.4. The summed E-state index contributed by atoms with van der Waals surface area (Å²) >= 11 is 0. The summed E-state index contributed by atoms with van der Waals surface area (Å²) in [6.07, 6.45) is 83.9. The quantitative estimate of drug-likeness (QED) is 0.0261. The van der Waals surface area contributed by atoms with Gasteiger partial charge in [-0.1, -0.05) is 277 Å². The van der Waals surface area contributed by atoms with Gasteiger partial charge >= 0.3 is 17.9 Å². The molecule has 0 aliphatic carbocycles. The first-order chi connectivity index (χ1) is 36.0. The van der Waals surface area contributed by atoms with Crippen molar-refractivity contribution in [2.24, 2.45) is 0 Å². The predicted octanol–water partition coefficient (Wildman–Crippen LogP) is 20.4. The zero-order chi connectivity index (χ0) is 52.9. The van der Waals surface area contributed by atoms with E-state index in [0.29, 0.717) is 12.8 Å². The van der Waals surface area contributed by atoms with Crippen LogP contribution >= 0.6 is 0 Å². The monoisotopic (exact) mass is 1010 g/mol. The lowest BCUT2D eigenvalue weighted by atomic mass is 10.0. The van der Waals surface area contributed by atoms with Crippen molar-refractivity contribution in [3.8, 4) is 0 Å². The molecule has 414 valence electrons. The molecule has 0 N–H and O–H groups in total. The fraction of sp³-hybridized carbons (Fsp3) is 0.657. The van der Waals surface area contributed by atoms with Gasteiger partial charge in [0.2, 0.25) is 0 Å². The van der Waals surface area contributed by atoms with Gasteiger partial charge in [-0.2, -0.15) is 0 Å². The van der Waals surface area contributed by atoms with Crippen molar-refractivity contribution < 1.29 is 28.6 Å². The molecule has 0 aliphatic rings. The van der Waals surface area contributed by atoms with Gasteiger partial charge in [0.1, 0.15) is 13.2 Å². The molecule has 0 bridgehead atoms. The van der Waals surface area contributed by atoms with E-state index in [0.717, 1.165) is 103 Å². The summed E-state index contributed by atoms with van der Waals surface area (Å²) < 4.78 is 16.7. The van der Waals surface area contributed by atoms with Gasteiger partial charge in [0.25, 0.3) is 0 Å². The Morgan fingerprint density at radius 2 is 0.575 bits per heavy atom. The minimum atomic E-state index is -0.831. The molecule has 0 rings (SSSR count). The fourth-order valence-electron chi connectivity index (χ4n) is 8.07. The Morgan fingerprint density at radius 3 is 0.904 bits per heavy atom. The van der Waals surface area contributed by atoms with E-state index in [9.17, 15) is 14.4 Å². The Morgan fingerprint density at radius 1 is 0.301 bits per heavy atom. The van der Waals surface area contributed by atoms with Gasteiger partial charge in [0.15, 0.2) is 6.10 Å². The maximum absolute atomic E-state index is 12.8. The third kappa shape index (κ3) is 58.6. The molecule has 73 heavy (non-hydrogen) atoms. The predicted molar refractivity (Wildman–Crippen MR) is 316 cm³/mol. The highest BCUT2D eigenvalue weighted by Gasteiger charge is 2.19. The highest BCUT2D eigenvalue weighted by atomic mass is 16.6. The van der Waals surface area contributed by atoms with Gasteiger partial charge in [-0.15, -0.1) is 0 Å². The average Bonchev–Trinajstić information content (AvgIpc) is 3.39. The maximum atomic E-state index is 12.8. The van der Waals surface area contributed by atoms with E-state index >= 15 is 0 Å². The summed E-state index contributed by atoms with van der Waals surface area (Å²) in [5.74, 6) is -1.05. The lowest BCUT2D eigenvalue weighted by Crippen LogP contribution is -2.30. The van der Waals surface area contributed by atoms with Crippen molar-refractivity contribution in [1.82, 2.24) is 0 Å². The third-order valence-corrected chi connectivity index (χ3v) is 12.5. The van der Waals surface area contributed by atoms with Crippen LogP contribution in [0, 0.1) is 0 Å². The number of rotatable bonds is 53. The van der Waals surface area contributed by atoms with Crippen molar-refractivity contribution in [1.29, 1.82) is 0 Å². The van der Waals surface area contributed by atoms with Crippen molar-refractivity contribution in [3.63, 3.8) is 0 Å². The number of allylic oxidation sites excluding steroid dienone is 19. The van der Waals surface area contributed by atoms with E-state index in [-0.39, 0.29) is 31.6 Å². The zero-order valence-electron chi connectivity index (χ0n) is 47.4. The van der Waals surface area contributed by atoms with Crippen LogP contribution in [-0.4, -0.2) is 37.2 Å². The minimum absolute atomic E-state index is 0.0959. The lowest BCUT2D eigenvalue weighted by molar-refractivity contribution is -0.166. The van der Waals surface area contributed by atoms with E-state index in [1.54, 1.807) is 6.08 Å². The standard InChI is InChI=1S/C67H110O6/c1-4-7-10-13-16-19-21-23-25-26-27-28-29-30-31-32-33-34-35-36-37-38-39-40-42-43-45-48-51-54-57-60-66(69)72-63-64(62-71-65(68)59-56-53-50-47-18-15-12-9-6-3)73-67(70)61-58-55-52-49-46-44-41-24-22-20-17-14-11-8-5-2/h7-8,10-11,16-17,19-20,23-25,27-28,30-31,41,46,49,55,58,64H,4-6,9,12-15,18,21-22,26,29,32-40,42-45,47-48,50-54,56-57,59-63H2,1-3H3/b10-7-,11-8-,19-16-,20-17-,25-23-,28-27-,31-30-,41-24-,49-46-,58-55-. The number of esters is 3. The molecule has 0 radical (unpaired) electrons. The van der Waals surface area contributed by atoms with Gasteiger partial charge in [0, 0.05) is 12.8 Å². The van der Waals surface area contributed by atoms with E-state index in [2.05, 4.69) is 130 Å². The molecule has 0 saturated heterocycles. The number of unbranched alkanes of at least 4 members (excludes halogenated alkanes) is 23. The van der Waals surface area contributed by atoms with Crippen LogP contribution in [0.25, 0.3) is 0 Å². The second kappa shape index (κ2) is 60.4. The van der Waals surface area contributed by atoms with Gasteiger partial charge in [-0.3, -0.25) is 14.4 Å². The molecule has 6 heteroatoms. The summed E-state index contributed by atoms with van der Waals surface area (Å²) in [5, 5.41) is 0. The van der Waals surface area contributed by atoms with Crippen molar-refractivity contribution in [2.75, 3.05) is 13.2 Å². The van der Waals surface area contributed by atoms with Crippen LogP contribution in [-0.2, 0) is 28.6 Å². The first kappa shape index (κ1) is 68.8. The lowest BCUT2D eigenvalue weighted by Gasteiger charge is -2.18. The summed E-state index contributed by atoms with van der Waals surface area (Å²) in [6, 6.07) is 0. The van der Waals surface area contributed by atoms with Crippen LogP contribution in [0.15, 0.2) is 122 Å². The van der Waals surface area contributed by atoms with Crippen molar-refractivity contribution in [2.45, 2.75) is 271 Å². The molecule has 0 heterocycles. The Labute approximate surface area is 450 Å². The number of hydrogen-bond acceptors (Lipinski definition) is 6. The number of carbonyl (C=O) groups excluding carboxylic acids is 3. The summed E-state index contributed by atoms with van der Waals surface area (Å²) in [7, 11) is 0. The summed E-state index contributed by atoms with van der Waals surface area (Å²) in [5.41, 5.74) is 0. The fourth-order valence-corrected chi connectivity index (χ4v) is 8.07. The summed E-state index contributed by atoms with van der Waals surface area (Å²) in [6.45, 7) is 6.31. The normalized spacial score (nSPS) is 13.0. The molecule has 0 aliphatic heterocycles. The number of ether oxygens (including phenoxy) is 3. The number of hydrogen-bond donors (Lipinski definition) is 0. The van der Waals surface area contributed by atoms with Crippen LogP contribution in [0.3, 0.4) is 0 Å². The van der Waals surface area contributed by atoms with Gasteiger partial charge in [-0.25, -0.2) is 0 Å². The van der Waals surface area contributed by atoms with Crippen molar-refractivity contribution >= 4 is 17.9 Å². The van der Waals surface area contributed by atoms with Gasteiger partial charge in [-0.05, 0) is 89.9 Å². The first-order valence-corrected chi connectivity index (χ1v) is 30.0. The molecule has 0 aromatic heterocycles. The topological polar surface area (TPSA) is 78.9 Å². The minimum Gasteiger partial charge on any atom is -0.462 e. The molecule has 0 aromatic carbocycles. The Balaban J connectivity index is 4.19. The van der Waals surface area contributed by atoms with E-state index in [1.807, 2.05) is 6.08 Å². The molecule has 1 atom stereocenters. The van der Waals surface area contributed by atoms with Gasteiger partial charge < -0.3 is 14.2 Å². The number of carbonyl (C=O) groups is 3. The smallest absolute Gasteiger partial charge is 0.310 e. The molecule has 0 saturated carbocycles. The average molecular weight is 1010 g/mol. The molecule has 0 fully saturated rings. The van der Waals surface area contributed by atoms with Crippen LogP contribution in [0.1, 0.15) is 265 Å². The molecule has 1 unspecified atom stereocenters. The van der Waals surface area contributed by atoms with Crippen LogP contribution in [0.2, 0.25) is 0 Å². The SMILES string of the molecule is CC/C=C\C/C=C\C/C=C\C/C=C\C/C=C\CCCCCCCCCCCCCCCCCC(=O)OCC(COC(=O)CCCCCCCCCCC)OC(=O)C/C=C\C/C=C\C/C=C\C/C=C\C/C=C\CC. The Kier molecular flexibility index (Phi) is 56.9. The Bertz CT molecular complexity index is 1540. The molecule has 0 spiro atoms. The molecular weight excluding hydrogens is 901 g/mol. The second-order valence-corrected chi connectivity index (χ2v) is 19.5. The molecule has 0 amide bonds. The third-order valence-electron chi connectivity index (χ3n) is 12.5. The highest BCUT2D eigenvalue weighted by molar-refractivity contribution is 5.72. The van der Waals surface area contributed by atoms with E-state index < -0.39 is 12.1 Å². The largest absolute Gasteiger partial charge is 0.462 e. The summed E-state index contributed by atoms with van der Waals surface area (Å²) in [4.78, 5) is 38.0. The molecular formula is C67H110O6. The second-order valence-electron chi connectivity index (χ2n) is 19.5. The first-order valence-electron chi connectivity index (χ1n) is 30.0. The van der Waals surface area contributed by atoms with E-state index in [1.165, 1.54) is 122 Å². The van der Waals surface area contributed by atoms with Gasteiger partial charge in [0.05, 0.1) is 6.42 Å². The van der Waals surface area contributed by atoms with E-state index in [4.69, 9.17) is 14.2 Å². The van der Waals surface area contributed by atoms with Crippen LogP contribution < -0.4 is 0 Å². The van der Waals surface area contributed by atoms with Crippen LogP contribution in [0.4, 0.5) is 0 Å². The van der Waals surface area contributed by atoms with Crippen LogP contribution in [0.5, 0.6) is 0 Å². The highest BCUT2D eigenvalue weighted by Crippen LogP contribution is 2.16. The Hall–Kier alpha value is -4.19. The molecule has 0 aromatic rings.